The number of hydrogen-bond donors (Lipinski definition) is 0. The van der Waals surface area contributed by atoms with Crippen LogP contribution in [0.4, 0.5) is 0 Å². The molecule has 0 radical (unpaired) electrons. The van der Waals surface area contributed by atoms with E-state index in [0.717, 1.165) is 27.7 Å². The predicted molar refractivity (Wildman–Crippen MR) is 109 cm³/mol. The molecule has 0 saturated carbocycles. The lowest BCUT2D eigenvalue weighted by molar-refractivity contribution is -0.00737. The number of hydrogen-bond acceptors (Lipinski definition) is 3. The minimum Gasteiger partial charge on any atom is -0.384 e. The third-order valence-corrected chi connectivity index (χ3v) is 5.37. The molecule has 2 heterocycles. The van der Waals surface area contributed by atoms with E-state index in [1.165, 1.54) is 0 Å². The summed E-state index contributed by atoms with van der Waals surface area (Å²) in [4.78, 5) is 17.8. The molecule has 1 aliphatic rings. The van der Waals surface area contributed by atoms with Gasteiger partial charge in [0.25, 0.3) is 0 Å². The molecule has 0 N–H and O–H groups in total. The van der Waals surface area contributed by atoms with Gasteiger partial charge in [0, 0.05) is 45.6 Å². The Bertz CT molecular complexity index is 1070. The fourth-order valence-corrected chi connectivity index (χ4v) is 3.94. The van der Waals surface area contributed by atoms with Gasteiger partial charge in [0.2, 0.25) is 5.91 Å². The minimum atomic E-state index is -0.622. The van der Waals surface area contributed by atoms with E-state index in [9.17, 15) is 4.79 Å². The van der Waals surface area contributed by atoms with Crippen molar-refractivity contribution in [2.45, 2.75) is 32.3 Å². The zero-order valence-electron chi connectivity index (χ0n) is 15.0. The summed E-state index contributed by atoms with van der Waals surface area (Å²) in [5.41, 5.74) is 2.99. The van der Waals surface area contributed by atoms with Gasteiger partial charge in [0.15, 0.2) is 5.60 Å². The fraction of sp³-hybridized carbons (Fsp3) is 0.238. The van der Waals surface area contributed by atoms with Crippen LogP contribution in [0.5, 0.6) is 0 Å². The molecule has 4 nitrogen and oxygen atoms in total. The van der Waals surface area contributed by atoms with Crippen molar-refractivity contribution in [2.75, 3.05) is 0 Å². The van der Waals surface area contributed by atoms with Crippen LogP contribution in [0.25, 0.3) is 10.9 Å². The number of aromatic nitrogens is 1. The van der Waals surface area contributed by atoms with E-state index >= 15 is 0 Å². The van der Waals surface area contributed by atoms with Crippen LogP contribution < -0.4 is 0 Å². The molecule has 4 rings (SSSR count). The van der Waals surface area contributed by atoms with Gasteiger partial charge in [-0.3, -0.25) is 9.36 Å². The largest absolute Gasteiger partial charge is 0.384 e. The summed E-state index contributed by atoms with van der Waals surface area (Å²) in [6, 6.07) is 13.3. The Morgan fingerprint density at radius 2 is 1.93 bits per heavy atom. The molecule has 1 aromatic heterocycles. The van der Waals surface area contributed by atoms with Crippen LogP contribution in [-0.4, -0.2) is 16.2 Å². The van der Waals surface area contributed by atoms with Gasteiger partial charge in [-0.25, -0.2) is 0 Å². The van der Waals surface area contributed by atoms with E-state index in [-0.39, 0.29) is 5.91 Å². The molecule has 0 fully saturated rings. The summed E-state index contributed by atoms with van der Waals surface area (Å²) >= 11 is 12.3. The average molecular weight is 401 g/mol. The van der Waals surface area contributed by atoms with Crippen LogP contribution >= 0.6 is 23.2 Å². The van der Waals surface area contributed by atoms with Crippen molar-refractivity contribution in [3.8, 4) is 0 Å². The van der Waals surface area contributed by atoms with Crippen molar-refractivity contribution in [2.24, 2.45) is 5.16 Å². The molecule has 1 atom stereocenters. The normalized spacial score (nSPS) is 19.2. The highest BCUT2D eigenvalue weighted by molar-refractivity contribution is 6.34. The first-order valence-electron chi connectivity index (χ1n) is 8.76. The number of oxime groups is 1. The topological polar surface area (TPSA) is 43.6 Å². The van der Waals surface area contributed by atoms with E-state index in [1.54, 1.807) is 10.6 Å². The lowest BCUT2D eigenvalue weighted by atomic mass is 9.89. The van der Waals surface area contributed by atoms with Gasteiger partial charge < -0.3 is 4.84 Å². The number of rotatable bonds is 3. The maximum atomic E-state index is 12.0. The molecule has 1 aliphatic heterocycles. The van der Waals surface area contributed by atoms with Crippen molar-refractivity contribution in [1.29, 1.82) is 0 Å². The molecular weight excluding hydrogens is 383 g/mol. The molecule has 0 amide bonds. The molecule has 0 aliphatic carbocycles. The second-order valence-corrected chi connectivity index (χ2v) is 7.77. The lowest BCUT2D eigenvalue weighted by Crippen LogP contribution is -2.22. The van der Waals surface area contributed by atoms with Gasteiger partial charge in [-0.15, -0.1) is 0 Å². The number of halogens is 2. The third kappa shape index (κ3) is 3.24. The van der Waals surface area contributed by atoms with E-state index in [2.05, 4.69) is 5.16 Å². The van der Waals surface area contributed by atoms with Crippen molar-refractivity contribution < 1.29 is 9.63 Å². The Kier molecular flexibility index (Phi) is 4.49. The standard InChI is InChI=1S/C21H18Cl2N2O2/c1-3-20(26)25-7-6-14-8-13(4-5-19(14)25)18-12-21(2,27-24-18)15-9-16(22)11-17(23)10-15/h4-11H,3,12H2,1-2H3. The Hall–Kier alpha value is -2.30. The SMILES string of the molecule is CCC(=O)n1ccc2cc(C3=NOC(C)(c4cc(Cl)cc(Cl)c4)C3)ccc21. The van der Waals surface area contributed by atoms with E-state index < -0.39 is 5.60 Å². The number of nitrogens with zero attached hydrogens (tertiary/aromatic N) is 2. The maximum absolute atomic E-state index is 12.0. The van der Waals surface area contributed by atoms with Gasteiger partial charge >= 0.3 is 0 Å². The molecular formula is C21H18Cl2N2O2. The first kappa shape index (κ1) is 18.1. The van der Waals surface area contributed by atoms with E-state index in [4.69, 9.17) is 28.0 Å². The minimum absolute atomic E-state index is 0.0738. The maximum Gasteiger partial charge on any atom is 0.230 e. The van der Waals surface area contributed by atoms with Crippen molar-refractivity contribution in [3.63, 3.8) is 0 Å². The predicted octanol–water partition coefficient (Wildman–Crippen LogP) is 6.04. The Balaban J connectivity index is 1.64. The van der Waals surface area contributed by atoms with Crippen molar-refractivity contribution >= 4 is 45.7 Å². The summed E-state index contributed by atoms with van der Waals surface area (Å²) in [6.45, 7) is 3.83. The molecule has 2 aromatic carbocycles. The Morgan fingerprint density at radius 3 is 2.63 bits per heavy atom. The monoisotopic (exact) mass is 400 g/mol. The van der Waals surface area contributed by atoms with Gasteiger partial charge in [0.05, 0.1) is 11.2 Å². The second kappa shape index (κ2) is 6.70. The molecule has 1 unspecified atom stereocenters. The molecule has 0 spiro atoms. The lowest BCUT2D eigenvalue weighted by Gasteiger charge is -2.22. The molecule has 3 aromatic rings. The van der Waals surface area contributed by atoms with Crippen LogP contribution in [0.3, 0.4) is 0 Å². The van der Waals surface area contributed by atoms with Crippen molar-refractivity contribution in [3.05, 3.63) is 69.8 Å². The first-order chi connectivity index (χ1) is 12.9. The zero-order valence-corrected chi connectivity index (χ0v) is 16.5. The summed E-state index contributed by atoms with van der Waals surface area (Å²) in [6.07, 6.45) is 2.88. The van der Waals surface area contributed by atoms with Gasteiger partial charge in [0.1, 0.15) is 0 Å². The van der Waals surface area contributed by atoms with Crippen LogP contribution in [0.2, 0.25) is 10.0 Å². The number of fused-ring (bicyclic) bond motifs is 1. The molecule has 27 heavy (non-hydrogen) atoms. The highest BCUT2D eigenvalue weighted by Crippen LogP contribution is 2.38. The van der Waals surface area contributed by atoms with Gasteiger partial charge in [-0.05, 0) is 43.3 Å². The van der Waals surface area contributed by atoms with E-state index in [0.29, 0.717) is 22.9 Å². The molecule has 138 valence electrons. The highest BCUT2D eigenvalue weighted by atomic mass is 35.5. The summed E-state index contributed by atoms with van der Waals surface area (Å²) in [5.74, 6) is 0.0738. The molecule has 6 heteroatoms. The Labute approximate surface area is 167 Å². The second-order valence-electron chi connectivity index (χ2n) is 6.90. The smallest absolute Gasteiger partial charge is 0.230 e. The number of carbonyl (C=O) groups excluding carboxylic acids is 1. The van der Waals surface area contributed by atoms with Gasteiger partial charge in [-0.1, -0.05) is 41.3 Å². The fourth-order valence-electron chi connectivity index (χ4n) is 3.42. The van der Waals surface area contributed by atoms with Crippen molar-refractivity contribution in [1.82, 2.24) is 4.57 Å². The quantitative estimate of drug-likeness (QED) is 0.537. The number of benzene rings is 2. The number of carbonyl (C=O) groups is 1. The third-order valence-electron chi connectivity index (χ3n) is 4.93. The van der Waals surface area contributed by atoms with Crippen LogP contribution in [-0.2, 0) is 10.4 Å². The van der Waals surface area contributed by atoms with Crippen LogP contribution in [0.1, 0.15) is 42.6 Å². The summed E-state index contributed by atoms with van der Waals surface area (Å²) in [7, 11) is 0. The molecule has 0 bridgehead atoms. The summed E-state index contributed by atoms with van der Waals surface area (Å²) in [5, 5.41) is 6.45. The van der Waals surface area contributed by atoms with Crippen LogP contribution in [0.15, 0.2) is 53.8 Å². The average Bonchev–Trinajstić information content (AvgIpc) is 3.24. The summed E-state index contributed by atoms with van der Waals surface area (Å²) < 4.78 is 1.68. The van der Waals surface area contributed by atoms with E-state index in [1.807, 2.05) is 56.4 Å². The molecule has 0 saturated heterocycles. The Morgan fingerprint density at radius 1 is 1.19 bits per heavy atom. The zero-order chi connectivity index (χ0) is 19.2. The first-order valence-corrected chi connectivity index (χ1v) is 9.51. The van der Waals surface area contributed by atoms with Crippen LogP contribution in [0, 0.1) is 0 Å². The highest BCUT2D eigenvalue weighted by Gasteiger charge is 2.37. The van der Waals surface area contributed by atoms with Gasteiger partial charge in [-0.2, -0.15) is 0 Å².